The molecular formula is C15H25N3O. The van der Waals surface area contributed by atoms with Gasteiger partial charge in [-0.2, -0.15) is 0 Å². The van der Waals surface area contributed by atoms with Crippen LogP contribution in [0.2, 0.25) is 0 Å². The van der Waals surface area contributed by atoms with Crippen LogP contribution in [0.4, 0.5) is 0 Å². The van der Waals surface area contributed by atoms with E-state index in [1.807, 2.05) is 12.1 Å². The molecule has 19 heavy (non-hydrogen) atoms. The fraction of sp³-hybridized carbons (Fsp3) is 0.667. The summed E-state index contributed by atoms with van der Waals surface area (Å²) in [6.07, 6.45) is 2.33. The molecule has 2 rings (SSSR count). The first-order chi connectivity index (χ1) is 9.24. The van der Waals surface area contributed by atoms with E-state index in [2.05, 4.69) is 35.1 Å². The predicted molar refractivity (Wildman–Crippen MR) is 77.4 cm³/mol. The molecule has 1 fully saturated rings. The summed E-state index contributed by atoms with van der Waals surface area (Å²) in [5.41, 5.74) is 1.36. The third-order valence-corrected chi connectivity index (χ3v) is 4.34. The van der Waals surface area contributed by atoms with Gasteiger partial charge in [0.2, 0.25) is 5.88 Å². The van der Waals surface area contributed by atoms with Crippen molar-refractivity contribution in [1.29, 1.82) is 0 Å². The average Bonchev–Trinajstić information content (AvgIpc) is 2.48. The van der Waals surface area contributed by atoms with Gasteiger partial charge in [0.15, 0.2) is 0 Å². The van der Waals surface area contributed by atoms with Gasteiger partial charge in [0, 0.05) is 37.8 Å². The third kappa shape index (κ3) is 3.07. The number of pyridine rings is 1. The molecule has 0 aliphatic carbocycles. The average molecular weight is 263 g/mol. The highest BCUT2D eigenvalue weighted by Crippen LogP contribution is 2.27. The maximum absolute atomic E-state index is 5.21. The molecule has 0 radical (unpaired) electrons. The first kappa shape index (κ1) is 14.3. The monoisotopic (exact) mass is 263 g/mol. The van der Waals surface area contributed by atoms with Gasteiger partial charge in [0.05, 0.1) is 12.8 Å². The maximum atomic E-state index is 5.21. The van der Waals surface area contributed by atoms with Crippen molar-refractivity contribution in [3.63, 3.8) is 0 Å². The standard InChI is InChI=1S/C15H25N3O/c1-4-15(5-2)12-16-9-10-18(15)11-13-7-6-8-14(17-13)19-3/h6-8,16H,4-5,9-12H2,1-3H3. The van der Waals surface area contributed by atoms with Crippen LogP contribution in [0.15, 0.2) is 18.2 Å². The summed E-state index contributed by atoms with van der Waals surface area (Å²) >= 11 is 0. The fourth-order valence-corrected chi connectivity index (χ4v) is 2.93. The Morgan fingerprint density at radius 1 is 1.37 bits per heavy atom. The Labute approximate surface area is 116 Å². The molecule has 1 saturated heterocycles. The molecule has 1 aromatic rings. The molecule has 0 unspecified atom stereocenters. The van der Waals surface area contributed by atoms with Gasteiger partial charge in [-0.1, -0.05) is 19.9 Å². The Kier molecular flexibility index (Phi) is 4.77. The van der Waals surface area contributed by atoms with Gasteiger partial charge in [-0.15, -0.1) is 0 Å². The van der Waals surface area contributed by atoms with Crippen LogP contribution in [0, 0.1) is 0 Å². The van der Waals surface area contributed by atoms with Crippen LogP contribution >= 0.6 is 0 Å². The summed E-state index contributed by atoms with van der Waals surface area (Å²) in [5, 5.41) is 3.53. The molecule has 1 N–H and O–H groups in total. The van der Waals surface area contributed by atoms with Crippen LogP contribution in [-0.2, 0) is 6.54 Å². The van der Waals surface area contributed by atoms with E-state index in [9.17, 15) is 0 Å². The summed E-state index contributed by atoms with van der Waals surface area (Å²) in [5.74, 6) is 0.700. The first-order valence-corrected chi connectivity index (χ1v) is 7.20. The number of nitrogens with zero attached hydrogens (tertiary/aromatic N) is 2. The van der Waals surface area contributed by atoms with E-state index in [4.69, 9.17) is 4.74 Å². The van der Waals surface area contributed by atoms with E-state index in [1.54, 1.807) is 7.11 Å². The predicted octanol–water partition coefficient (Wildman–Crippen LogP) is 2.05. The molecule has 4 nitrogen and oxygen atoms in total. The number of aromatic nitrogens is 1. The molecule has 0 aromatic carbocycles. The number of piperazine rings is 1. The molecule has 1 aliphatic rings. The van der Waals surface area contributed by atoms with Crippen molar-refractivity contribution in [1.82, 2.24) is 15.2 Å². The number of methoxy groups -OCH3 is 1. The molecule has 0 saturated carbocycles. The van der Waals surface area contributed by atoms with Crippen molar-refractivity contribution >= 4 is 0 Å². The van der Waals surface area contributed by atoms with Crippen LogP contribution in [0.25, 0.3) is 0 Å². The zero-order valence-corrected chi connectivity index (χ0v) is 12.3. The van der Waals surface area contributed by atoms with Gasteiger partial charge >= 0.3 is 0 Å². The lowest BCUT2D eigenvalue weighted by Gasteiger charge is -2.47. The Hall–Kier alpha value is -1.13. The lowest BCUT2D eigenvalue weighted by molar-refractivity contribution is 0.0435. The minimum Gasteiger partial charge on any atom is -0.481 e. The highest BCUT2D eigenvalue weighted by Gasteiger charge is 2.35. The van der Waals surface area contributed by atoms with E-state index >= 15 is 0 Å². The summed E-state index contributed by atoms with van der Waals surface area (Å²) in [6, 6.07) is 6.00. The summed E-state index contributed by atoms with van der Waals surface area (Å²) in [4.78, 5) is 7.11. The second-order valence-corrected chi connectivity index (χ2v) is 5.20. The number of ether oxygens (including phenoxy) is 1. The molecule has 1 aromatic heterocycles. The Bertz CT molecular complexity index is 404. The van der Waals surface area contributed by atoms with Gasteiger partial charge < -0.3 is 10.1 Å². The van der Waals surface area contributed by atoms with Crippen molar-refractivity contribution in [3.8, 4) is 5.88 Å². The van der Waals surface area contributed by atoms with Crippen molar-refractivity contribution < 1.29 is 4.74 Å². The number of rotatable bonds is 5. The Balaban J connectivity index is 2.14. The SMILES string of the molecule is CCC1(CC)CNCCN1Cc1cccc(OC)n1. The topological polar surface area (TPSA) is 37.4 Å². The van der Waals surface area contributed by atoms with Crippen LogP contribution in [0.5, 0.6) is 5.88 Å². The van der Waals surface area contributed by atoms with E-state index in [0.29, 0.717) is 5.88 Å². The molecule has 2 heterocycles. The molecule has 106 valence electrons. The molecule has 4 heteroatoms. The molecule has 0 bridgehead atoms. The van der Waals surface area contributed by atoms with Gasteiger partial charge in [-0.3, -0.25) is 4.90 Å². The van der Waals surface area contributed by atoms with Crippen molar-refractivity contribution in [3.05, 3.63) is 23.9 Å². The van der Waals surface area contributed by atoms with Crippen LogP contribution < -0.4 is 10.1 Å². The lowest BCUT2D eigenvalue weighted by atomic mass is 9.88. The molecule has 0 atom stereocenters. The summed E-state index contributed by atoms with van der Waals surface area (Å²) in [7, 11) is 1.67. The van der Waals surface area contributed by atoms with Crippen molar-refractivity contribution in [2.75, 3.05) is 26.7 Å². The zero-order valence-electron chi connectivity index (χ0n) is 12.3. The third-order valence-electron chi connectivity index (χ3n) is 4.34. The van der Waals surface area contributed by atoms with E-state index in [1.165, 1.54) is 12.8 Å². The molecular weight excluding hydrogens is 238 g/mol. The number of hydrogen-bond acceptors (Lipinski definition) is 4. The summed E-state index contributed by atoms with van der Waals surface area (Å²) in [6.45, 7) is 8.68. The smallest absolute Gasteiger partial charge is 0.213 e. The van der Waals surface area contributed by atoms with E-state index in [0.717, 1.165) is 31.9 Å². The zero-order chi connectivity index (χ0) is 13.7. The van der Waals surface area contributed by atoms with Gasteiger partial charge in [-0.05, 0) is 18.9 Å². The van der Waals surface area contributed by atoms with Gasteiger partial charge in [0.1, 0.15) is 0 Å². The minimum atomic E-state index is 0.267. The van der Waals surface area contributed by atoms with E-state index in [-0.39, 0.29) is 5.54 Å². The van der Waals surface area contributed by atoms with Crippen LogP contribution in [0.1, 0.15) is 32.4 Å². The van der Waals surface area contributed by atoms with Crippen molar-refractivity contribution in [2.24, 2.45) is 0 Å². The fourth-order valence-electron chi connectivity index (χ4n) is 2.93. The van der Waals surface area contributed by atoms with Crippen LogP contribution in [0.3, 0.4) is 0 Å². The lowest BCUT2D eigenvalue weighted by Crippen LogP contribution is -2.60. The van der Waals surface area contributed by atoms with Crippen LogP contribution in [-0.4, -0.2) is 42.2 Å². The Morgan fingerprint density at radius 3 is 2.84 bits per heavy atom. The second-order valence-electron chi connectivity index (χ2n) is 5.20. The van der Waals surface area contributed by atoms with Gasteiger partial charge in [-0.25, -0.2) is 4.98 Å². The first-order valence-electron chi connectivity index (χ1n) is 7.20. The molecule has 0 spiro atoms. The quantitative estimate of drug-likeness (QED) is 0.882. The maximum Gasteiger partial charge on any atom is 0.213 e. The number of nitrogens with one attached hydrogen (secondary N) is 1. The minimum absolute atomic E-state index is 0.267. The Morgan fingerprint density at radius 2 is 2.16 bits per heavy atom. The van der Waals surface area contributed by atoms with Gasteiger partial charge in [0.25, 0.3) is 0 Å². The largest absolute Gasteiger partial charge is 0.481 e. The summed E-state index contributed by atoms with van der Waals surface area (Å²) < 4.78 is 5.21. The molecule has 1 aliphatic heterocycles. The van der Waals surface area contributed by atoms with E-state index < -0.39 is 0 Å². The highest BCUT2D eigenvalue weighted by atomic mass is 16.5. The second kappa shape index (κ2) is 6.35. The molecule has 0 amide bonds. The highest BCUT2D eigenvalue weighted by molar-refractivity contribution is 5.16. The number of hydrogen-bond donors (Lipinski definition) is 1. The normalized spacial score (nSPS) is 19.3. The van der Waals surface area contributed by atoms with Crippen molar-refractivity contribution in [2.45, 2.75) is 38.8 Å².